The lowest BCUT2D eigenvalue weighted by molar-refractivity contribution is 0.237. The van der Waals surface area contributed by atoms with Crippen LogP contribution in [0.4, 0.5) is 10.8 Å². The molecule has 2 amide bonds. The van der Waals surface area contributed by atoms with E-state index < -0.39 is 0 Å². The maximum Gasteiger partial charge on any atom is 0.325 e. The van der Waals surface area contributed by atoms with Gasteiger partial charge in [-0.15, -0.1) is 0 Å². The molecule has 1 heterocycles. The van der Waals surface area contributed by atoms with Gasteiger partial charge in [0, 0.05) is 6.04 Å². The average molecular weight is 301 g/mol. The third-order valence-electron chi connectivity index (χ3n) is 3.68. The van der Waals surface area contributed by atoms with Gasteiger partial charge < -0.3 is 15.5 Å². The molecule has 0 bridgehead atoms. The van der Waals surface area contributed by atoms with Gasteiger partial charge in [-0.3, -0.25) is 5.32 Å². The lowest BCUT2D eigenvalue weighted by Crippen LogP contribution is -2.47. The molecular formula is C15H19N5O2. The maximum absolute atomic E-state index is 11.8. The molecule has 1 saturated carbocycles. The van der Waals surface area contributed by atoms with E-state index in [4.69, 9.17) is 10.2 Å². The molecule has 0 saturated heterocycles. The fraction of sp³-hybridized carbons (Fsp3) is 0.400. The fourth-order valence-electron chi connectivity index (χ4n) is 2.62. The SMILES string of the molecule is N/C(=N/c1nc2ccccc2o1)NC(=O)NC1CCCCC1. The van der Waals surface area contributed by atoms with Crippen LogP contribution in [-0.4, -0.2) is 23.0 Å². The lowest BCUT2D eigenvalue weighted by Gasteiger charge is -2.22. The lowest BCUT2D eigenvalue weighted by atomic mass is 9.96. The number of nitrogens with one attached hydrogen (secondary N) is 2. The maximum atomic E-state index is 11.8. The number of aromatic nitrogens is 1. The number of urea groups is 1. The quantitative estimate of drug-likeness (QED) is 0.585. The Kier molecular flexibility index (Phi) is 4.22. The van der Waals surface area contributed by atoms with Crippen LogP contribution in [0.5, 0.6) is 0 Å². The van der Waals surface area contributed by atoms with Gasteiger partial charge in [-0.25, -0.2) is 4.79 Å². The first-order valence-electron chi connectivity index (χ1n) is 7.48. The molecule has 22 heavy (non-hydrogen) atoms. The van der Waals surface area contributed by atoms with Gasteiger partial charge in [0.1, 0.15) is 5.52 Å². The molecule has 1 fully saturated rings. The summed E-state index contributed by atoms with van der Waals surface area (Å²) in [6.07, 6.45) is 5.56. The van der Waals surface area contributed by atoms with E-state index in [-0.39, 0.29) is 24.0 Å². The fourth-order valence-corrected chi connectivity index (χ4v) is 2.62. The molecule has 0 spiro atoms. The number of carbonyl (C=O) groups is 1. The van der Waals surface area contributed by atoms with E-state index in [9.17, 15) is 4.79 Å². The highest BCUT2D eigenvalue weighted by Gasteiger charge is 2.16. The Balaban J connectivity index is 1.60. The molecule has 1 aliphatic carbocycles. The highest BCUT2D eigenvalue weighted by Crippen LogP contribution is 2.20. The first-order valence-corrected chi connectivity index (χ1v) is 7.48. The van der Waals surface area contributed by atoms with Crippen molar-refractivity contribution in [3.63, 3.8) is 0 Å². The third kappa shape index (κ3) is 3.55. The zero-order chi connectivity index (χ0) is 15.4. The number of para-hydroxylation sites is 2. The molecular weight excluding hydrogens is 282 g/mol. The molecule has 4 N–H and O–H groups in total. The normalized spacial score (nSPS) is 16.6. The summed E-state index contributed by atoms with van der Waals surface area (Å²) >= 11 is 0. The second kappa shape index (κ2) is 6.46. The molecule has 1 aromatic carbocycles. The van der Waals surface area contributed by atoms with E-state index in [1.165, 1.54) is 6.42 Å². The molecule has 1 aliphatic rings. The van der Waals surface area contributed by atoms with Crippen molar-refractivity contribution in [2.24, 2.45) is 10.7 Å². The molecule has 0 radical (unpaired) electrons. The van der Waals surface area contributed by atoms with Crippen molar-refractivity contribution in [1.82, 2.24) is 15.6 Å². The Hall–Kier alpha value is -2.57. The summed E-state index contributed by atoms with van der Waals surface area (Å²) in [5.41, 5.74) is 7.03. The number of carbonyl (C=O) groups excluding carboxylic acids is 1. The molecule has 2 aromatic rings. The number of guanidine groups is 1. The van der Waals surface area contributed by atoms with Gasteiger partial charge in [0.15, 0.2) is 5.58 Å². The number of benzene rings is 1. The number of nitrogens with two attached hydrogens (primary N) is 1. The average Bonchev–Trinajstić information content (AvgIpc) is 2.89. The van der Waals surface area contributed by atoms with E-state index >= 15 is 0 Å². The summed E-state index contributed by atoms with van der Waals surface area (Å²) < 4.78 is 5.42. The smallest absolute Gasteiger partial charge is 0.325 e. The summed E-state index contributed by atoms with van der Waals surface area (Å²) in [4.78, 5) is 20.0. The first kappa shape index (κ1) is 14.4. The zero-order valence-corrected chi connectivity index (χ0v) is 12.2. The third-order valence-corrected chi connectivity index (χ3v) is 3.68. The minimum atomic E-state index is -0.343. The van der Waals surface area contributed by atoms with Gasteiger partial charge in [0.2, 0.25) is 5.96 Å². The van der Waals surface area contributed by atoms with Crippen molar-refractivity contribution in [3.05, 3.63) is 24.3 Å². The molecule has 7 nitrogen and oxygen atoms in total. The van der Waals surface area contributed by atoms with Crippen LogP contribution in [-0.2, 0) is 0 Å². The summed E-state index contributed by atoms with van der Waals surface area (Å²) in [5.74, 6) is -0.0418. The summed E-state index contributed by atoms with van der Waals surface area (Å²) in [6.45, 7) is 0. The number of oxazole rings is 1. The molecule has 1 aromatic heterocycles. The number of aliphatic imine (C=N–C) groups is 1. The number of hydrogen-bond donors (Lipinski definition) is 3. The van der Waals surface area contributed by atoms with Crippen molar-refractivity contribution < 1.29 is 9.21 Å². The van der Waals surface area contributed by atoms with Crippen LogP contribution in [0.3, 0.4) is 0 Å². The van der Waals surface area contributed by atoms with Gasteiger partial charge >= 0.3 is 12.0 Å². The van der Waals surface area contributed by atoms with E-state index in [0.29, 0.717) is 11.1 Å². The minimum Gasteiger partial charge on any atom is -0.422 e. The number of fused-ring (bicyclic) bond motifs is 1. The Labute approximate surface area is 128 Å². The van der Waals surface area contributed by atoms with Crippen LogP contribution < -0.4 is 16.4 Å². The number of nitrogens with zero attached hydrogens (tertiary/aromatic N) is 2. The van der Waals surface area contributed by atoms with Gasteiger partial charge in [-0.2, -0.15) is 9.98 Å². The van der Waals surface area contributed by atoms with E-state index in [0.717, 1.165) is 25.7 Å². The largest absolute Gasteiger partial charge is 0.422 e. The summed E-state index contributed by atoms with van der Waals surface area (Å²) in [7, 11) is 0. The first-order chi connectivity index (χ1) is 10.7. The van der Waals surface area contributed by atoms with Crippen molar-refractivity contribution in [2.75, 3.05) is 0 Å². The molecule has 116 valence electrons. The Morgan fingerprint density at radius 3 is 2.82 bits per heavy atom. The van der Waals surface area contributed by atoms with Crippen molar-refractivity contribution in [2.45, 2.75) is 38.1 Å². The monoisotopic (exact) mass is 301 g/mol. The van der Waals surface area contributed by atoms with E-state index in [1.54, 1.807) is 6.07 Å². The topological polar surface area (TPSA) is 106 Å². The van der Waals surface area contributed by atoms with Gasteiger partial charge in [-0.1, -0.05) is 31.4 Å². The predicted octanol–water partition coefficient (Wildman–Crippen LogP) is 2.41. The molecule has 3 rings (SSSR count). The summed E-state index contributed by atoms with van der Waals surface area (Å²) in [5, 5.41) is 5.40. The minimum absolute atomic E-state index is 0.0418. The number of amides is 2. The number of rotatable bonds is 2. The van der Waals surface area contributed by atoms with Crippen LogP contribution in [0.1, 0.15) is 32.1 Å². The molecule has 0 aliphatic heterocycles. The zero-order valence-electron chi connectivity index (χ0n) is 12.2. The van der Waals surface area contributed by atoms with Gasteiger partial charge in [-0.05, 0) is 25.0 Å². The van der Waals surface area contributed by atoms with Crippen molar-refractivity contribution in [3.8, 4) is 0 Å². The predicted molar refractivity (Wildman–Crippen MR) is 83.8 cm³/mol. The van der Waals surface area contributed by atoms with Crippen molar-refractivity contribution in [1.29, 1.82) is 0 Å². The second-order valence-corrected chi connectivity index (χ2v) is 5.39. The van der Waals surface area contributed by atoms with Gasteiger partial charge in [0.05, 0.1) is 0 Å². The van der Waals surface area contributed by atoms with Gasteiger partial charge in [0.25, 0.3) is 0 Å². The molecule has 0 unspecified atom stereocenters. The molecule has 0 atom stereocenters. The van der Waals surface area contributed by atoms with Crippen LogP contribution in [0, 0.1) is 0 Å². The summed E-state index contributed by atoms with van der Waals surface area (Å²) in [6, 6.07) is 7.31. The highest BCUT2D eigenvalue weighted by atomic mass is 16.4. The highest BCUT2D eigenvalue weighted by molar-refractivity contribution is 5.96. The van der Waals surface area contributed by atoms with Crippen LogP contribution in [0.2, 0.25) is 0 Å². The Bertz CT molecular complexity index is 655. The molecule has 7 heteroatoms. The van der Waals surface area contributed by atoms with Crippen LogP contribution in [0.15, 0.2) is 33.7 Å². The van der Waals surface area contributed by atoms with Crippen LogP contribution >= 0.6 is 0 Å². The van der Waals surface area contributed by atoms with E-state index in [1.807, 2.05) is 18.2 Å². The standard InChI is InChI=1S/C15H19N5O2/c16-13(19-14(21)17-10-6-2-1-3-7-10)20-15-18-11-8-4-5-9-12(11)22-15/h4-5,8-10H,1-3,6-7H2,(H4,16,17,18,19,20,21). The Morgan fingerprint density at radius 1 is 1.27 bits per heavy atom. The second-order valence-electron chi connectivity index (χ2n) is 5.39. The van der Waals surface area contributed by atoms with Crippen molar-refractivity contribution >= 4 is 29.1 Å². The number of hydrogen-bond acceptors (Lipinski definition) is 4. The Morgan fingerprint density at radius 2 is 2.05 bits per heavy atom. The van der Waals surface area contributed by atoms with E-state index in [2.05, 4.69) is 20.6 Å². The van der Waals surface area contributed by atoms with Crippen LogP contribution in [0.25, 0.3) is 11.1 Å².